The van der Waals surface area contributed by atoms with Crippen molar-refractivity contribution in [3.8, 4) is 11.3 Å². The van der Waals surface area contributed by atoms with Crippen LogP contribution in [-0.4, -0.2) is 40.4 Å². The van der Waals surface area contributed by atoms with E-state index in [0.717, 1.165) is 48.5 Å². The van der Waals surface area contributed by atoms with Gasteiger partial charge in [-0.25, -0.2) is 9.67 Å². The van der Waals surface area contributed by atoms with Crippen LogP contribution in [-0.2, 0) is 0 Å². The van der Waals surface area contributed by atoms with E-state index in [2.05, 4.69) is 30.5 Å². The van der Waals surface area contributed by atoms with Crippen LogP contribution in [0.5, 0.6) is 0 Å². The predicted octanol–water partition coefficient (Wildman–Crippen LogP) is 2.65. The van der Waals surface area contributed by atoms with Gasteiger partial charge < -0.3 is 5.32 Å². The maximum Gasteiger partial charge on any atom is 0.267 e. The Kier molecular flexibility index (Phi) is 4.70. The normalized spacial score (nSPS) is 19.1. The van der Waals surface area contributed by atoms with Crippen LogP contribution in [0.2, 0.25) is 0 Å². The van der Waals surface area contributed by atoms with Crippen molar-refractivity contribution in [1.82, 2.24) is 34.3 Å². The molecule has 0 amide bonds. The van der Waals surface area contributed by atoms with Crippen LogP contribution >= 0.6 is 0 Å². The lowest BCUT2D eigenvalue weighted by Gasteiger charge is -2.30. The third-order valence-electron chi connectivity index (χ3n) is 5.58. The molecule has 1 aliphatic rings. The van der Waals surface area contributed by atoms with E-state index in [4.69, 9.17) is 0 Å². The number of aryl methyl sites for hydroxylation is 1. The van der Waals surface area contributed by atoms with Gasteiger partial charge in [0.15, 0.2) is 0 Å². The number of nitrogens with one attached hydrogen (secondary N) is 1. The molecule has 9 nitrogen and oxygen atoms in total. The first kappa shape index (κ1) is 18.4. The topological polar surface area (TPSA) is 103 Å². The maximum absolute atomic E-state index is 12.5. The Morgan fingerprint density at radius 3 is 2.67 bits per heavy atom. The van der Waals surface area contributed by atoms with Gasteiger partial charge in [0, 0.05) is 41.8 Å². The molecule has 0 atom stereocenters. The first-order chi connectivity index (χ1) is 14.7. The molecule has 4 heterocycles. The van der Waals surface area contributed by atoms with E-state index in [9.17, 15) is 4.79 Å². The number of aromatic nitrogens is 7. The summed E-state index contributed by atoms with van der Waals surface area (Å²) in [6, 6.07) is 9.57. The molecule has 0 radical (unpaired) electrons. The van der Waals surface area contributed by atoms with Crippen molar-refractivity contribution in [2.75, 3.05) is 5.32 Å². The van der Waals surface area contributed by atoms with Crippen molar-refractivity contribution in [3.05, 3.63) is 65.1 Å². The van der Waals surface area contributed by atoms with Crippen molar-refractivity contribution in [3.63, 3.8) is 0 Å². The second kappa shape index (κ2) is 7.66. The number of hydrogen-bond donors (Lipinski definition) is 1. The van der Waals surface area contributed by atoms with Crippen LogP contribution in [0.3, 0.4) is 0 Å². The highest BCUT2D eigenvalue weighted by Crippen LogP contribution is 2.29. The summed E-state index contributed by atoms with van der Waals surface area (Å²) in [6.07, 6.45) is 8.62. The summed E-state index contributed by atoms with van der Waals surface area (Å²) in [7, 11) is 0. The summed E-state index contributed by atoms with van der Waals surface area (Å²) in [5, 5.41) is 12.5. The largest absolute Gasteiger partial charge is 0.367 e. The molecular formula is C21H22N8O. The number of fused-ring (bicyclic) bond motifs is 1. The van der Waals surface area contributed by atoms with Crippen molar-refractivity contribution >= 4 is 11.6 Å². The molecule has 0 saturated heterocycles. The van der Waals surface area contributed by atoms with E-state index in [-0.39, 0.29) is 11.6 Å². The minimum absolute atomic E-state index is 0.0571. The summed E-state index contributed by atoms with van der Waals surface area (Å²) in [4.78, 5) is 25.1. The van der Waals surface area contributed by atoms with Gasteiger partial charge in [0.25, 0.3) is 11.3 Å². The van der Waals surface area contributed by atoms with E-state index >= 15 is 0 Å². The Labute approximate surface area is 172 Å². The van der Waals surface area contributed by atoms with Gasteiger partial charge in [0.1, 0.15) is 12.1 Å². The van der Waals surface area contributed by atoms with Crippen LogP contribution < -0.4 is 10.9 Å². The van der Waals surface area contributed by atoms with E-state index in [1.165, 1.54) is 6.33 Å². The number of anilines is 1. The van der Waals surface area contributed by atoms with E-state index in [1.54, 1.807) is 33.7 Å². The van der Waals surface area contributed by atoms with Gasteiger partial charge in [0.05, 0.1) is 11.7 Å². The highest BCUT2D eigenvalue weighted by atomic mass is 16.1. The van der Waals surface area contributed by atoms with Crippen molar-refractivity contribution in [2.45, 2.75) is 44.7 Å². The van der Waals surface area contributed by atoms with Gasteiger partial charge in [-0.15, -0.1) is 0 Å². The zero-order valence-corrected chi connectivity index (χ0v) is 16.6. The molecule has 0 aromatic carbocycles. The molecule has 9 heteroatoms. The summed E-state index contributed by atoms with van der Waals surface area (Å²) >= 11 is 0. The first-order valence-electron chi connectivity index (χ1n) is 10.1. The van der Waals surface area contributed by atoms with Gasteiger partial charge in [0.2, 0.25) is 0 Å². The smallest absolute Gasteiger partial charge is 0.267 e. The third kappa shape index (κ3) is 3.54. The lowest BCUT2D eigenvalue weighted by Crippen LogP contribution is -2.33. The van der Waals surface area contributed by atoms with E-state index < -0.39 is 0 Å². The fourth-order valence-electron chi connectivity index (χ4n) is 4.07. The van der Waals surface area contributed by atoms with Crippen LogP contribution in [0.15, 0.2) is 53.8 Å². The number of hydrogen-bond acceptors (Lipinski definition) is 7. The average Bonchev–Trinajstić information content (AvgIpc) is 3.24. The fourth-order valence-corrected chi connectivity index (χ4v) is 4.07. The second-order valence-electron chi connectivity index (χ2n) is 7.64. The monoisotopic (exact) mass is 402 g/mol. The highest BCUT2D eigenvalue weighted by Gasteiger charge is 2.24. The number of nitrogens with zero attached hydrogens (tertiary/aromatic N) is 7. The molecule has 0 unspecified atom stereocenters. The van der Waals surface area contributed by atoms with Crippen molar-refractivity contribution < 1.29 is 0 Å². The molecule has 0 spiro atoms. The van der Waals surface area contributed by atoms with Gasteiger partial charge in [-0.2, -0.15) is 19.7 Å². The minimum Gasteiger partial charge on any atom is -0.367 e. The number of pyridine rings is 1. The summed E-state index contributed by atoms with van der Waals surface area (Å²) in [5.41, 5.74) is 2.59. The first-order valence-corrected chi connectivity index (χ1v) is 10.1. The fraction of sp³-hybridized carbons (Fsp3) is 0.333. The minimum atomic E-state index is -0.0571. The zero-order chi connectivity index (χ0) is 20.5. The summed E-state index contributed by atoms with van der Waals surface area (Å²) < 4.78 is 3.38. The van der Waals surface area contributed by atoms with Crippen LogP contribution in [0.25, 0.3) is 17.0 Å². The number of rotatable bonds is 4. The molecule has 30 heavy (non-hydrogen) atoms. The van der Waals surface area contributed by atoms with Crippen LogP contribution in [0.1, 0.15) is 37.4 Å². The summed E-state index contributed by atoms with van der Waals surface area (Å²) in [6.45, 7) is 1.95. The van der Waals surface area contributed by atoms with E-state index in [0.29, 0.717) is 11.8 Å². The quantitative estimate of drug-likeness (QED) is 0.560. The average molecular weight is 402 g/mol. The SMILES string of the molecule is Cc1cc(NC2CCC(n3nc(-c4ccncc4)ccc3=O)CC2)n2ncnc2n1. The molecule has 1 N–H and O–H groups in total. The lowest BCUT2D eigenvalue weighted by atomic mass is 9.91. The Morgan fingerprint density at radius 2 is 1.87 bits per heavy atom. The Morgan fingerprint density at radius 1 is 1.07 bits per heavy atom. The zero-order valence-electron chi connectivity index (χ0n) is 16.6. The second-order valence-corrected chi connectivity index (χ2v) is 7.64. The molecule has 4 aromatic heterocycles. The standard InChI is InChI=1S/C21H22N8O/c1-14-12-19(29-21(25-14)23-13-24-29)26-16-2-4-17(5-3-16)28-20(30)7-6-18(27-28)15-8-10-22-11-9-15/h6-13,16-17,26H,2-5H2,1H3. The molecular weight excluding hydrogens is 380 g/mol. The van der Waals surface area contributed by atoms with Crippen LogP contribution in [0.4, 0.5) is 5.82 Å². The van der Waals surface area contributed by atoms with Crippen molar-refractivity contribution in [2.24, 2.45) is 0 Å². The maximum atomic E-state index is 12.5. The third-order valence-corrected chi connectivity index (χ3v) is 5.58. The molecule has 152 valence electrons. The van der Waals surface area contributed by atoms with Crippen LogP contribution in [0, 0.1) is 6.92 Å². The predicted molar refractivity (Wildman–Crippen MR) is 112 cm³/mol. The Hall–Kier alpha value is -3.62. The summed E-state index contributed by atoms with van der Waals surface area (Å²) in [5.74, 6) is 1.49. The molecule has 5 rings (SSSR count). The van der Waals surface area contributed by atoms with Gasteiger partial charge in [-0.3, -0.25) is 9.78 Å². The van der Waals surface area contributed by atoms with Gasteiger partial charge >= 0.3 is 0 Å². The van der Waals surface area contributed by atoms with Gasteiger partial charge in [-0.1, -0.05) is 0 Å². The Bertz CT molecular complexity index is 1220. The Balaban J connectivity index is 1.31. The molecule has 4 aromatic rings. The molecule has 0 aliphatic heterocycles. The lowest BCUT2D eigenvalue weighted by molar-refractivity contribution is 0.304. The van der Waals surface area contributed by atoms with E-state index in [1.807, 2.05) is 25.1 Å². The highest BCUT2D eigenvalue weighted by molar-refractivity contribution is 5.57. The van der Waals surface area contributed by atoms with Crippen molar-refractivity contribution in [1.29, 1.82) is 0 Å². The molecule has 0 bridgehead atoms. The molecule has 1 fully saturated rings. The molecule has 1 aliphatic carbocycles. The van der Waals surface area contributed by atoms with Gasteiger partial charge in [-0.05, 0) is 50.8 Å². The molecule has 1 saturated carbocycles.